The average molecular weight is 316 g/mol. The number of benzene rings is 1. The van der Waals surface area contributed by atoms with Crippen LogP contribution in [-0.4, -0.2) is 13.8 Å². The molecular formula is C15H15BBrNO. The molecule has 0 saturated heterocycles. The van der Waals surface area contributed by atoms with Gasteiger partial charge in [-0.25, -0.2) is 0 Å². The Morgan fingerprint density at radius 2 is 2.00 bits per heavy atom. The van der Waals surface area contributed by atoms with Crippen LogP contribution >= 0.6 is 15.9 Å². The molecule has 0 aliphatic carbocycles. The summed E-state index contributed by atoms with van der Waals surface area (Å²) in [5.74, 6) is 0.0250. The van der Waals surface area contributed by atoms with E-state index in [1.165, 1.54) is 0 Å². The van der Waals surface area contributed by atoms with E-state index in [-0.39, 0.29) is 5.91 Å². The van der Waals surface area contributed by atoms with E-state index in [2.05, 4.69) is 22.9 Å². The first-order valence-corrected chi connectivity index (χ1v) is 7.19. The lowest BCUT2D eigenvalue weighted by molar-refractivity contribution is -0.114. The van der Waals surface area contributed by atoms with Crippen molar-refractivity contribution in [2.45, 2.75) is 26.2 Å². The molecule has 0 aromatic heterocycles. The van der Waals surface area contributed by atoms with Crippen LogP contribution in [0.25, 0.3) is 0 Å². The van der Waals surface area contributed by atoms with Crippen LogP contribution in [0.3, 0.4) is 0 Å². The zero-order valence-electron chi connectivity index (χ0n) is 10.9. The molecule has 1 heterocycles. The van der Waals surface area contributed by atoms with E-state index in [1.54, 1.807) is 4.90 Å². The fourth-order valence-corrected chi connectivity index (χ4v) is 2.39. The van der Waals surface area contributed by atoms with Gasteiger partial charge in [-0.15, -0.1) is 0 Å². The molecule has 0 N–H and O–H groups in total. The zero-order chi connectivity index (χ0) is 13.8. The van der Waals surface area contributed by atoms with Gasteiger partial charge in [0.2, 0.25) is 0 Å². The van der Waals surface area contributed by atoms with E-state index < -0.39 is 0 Å². The Kier molecular flexibility index (Phi) is 4.64. The third-order valence-electron chi connectivity index (χ3n) is 3.09. The van der Waals surface area contributed by atoms with Gasteiger partial charge in [0, 0.05) is 17.0 Å². The van der Waals surface area contributed by atoms with Crippen LogP contribution in [0.1, 0.15) is 26.2 Å². The molecule has 96 valence electrons. The molecule has 2 nitrogen and oxygen atoms in total. The Morgan fingerprint density at radius 1 is 1.32 bits per heavy atom. The number of anilines is 1. The van der Waals surface area contributed by atoms with Gasteiger partial charge in [-0.2, -0.15) is 0 Å². The minimum atomic E-state index is 0.0250. The number of para-hydroxylation sites is 1. The lowest BCUT2D eigenvalue weighted by Gasteiger charge is -2.19. The summed E-state index contributed by atoms with van der Waals surface area (Å²) in [7, 11) is 5.84. The third-order valence-corrected chi connectivity index (χ3v) is 3.49. The first-order valence-electron chi connectivity index (χ1n) is 6.40. The van der Waals surface area contributed by atoms with Crippen molar-refractivity contribution in [2.75, 3.05) is 4.90 Å². The number of allylic oxidation sites excluding steroid dienone is 1. The maximum absolute atomic E-state index is 12.5. The Morgan fingerprint density at radius 3 is 2.58 bits per heavy atom. The first kappa shape index (κ1) is 14.1. The smallest absolute Gasteiger partial charge is 0.258 e. The molecule has 2 radical (unpaired) electrons. The summed E-state index contributed by atoms with van der Waals surface area (Å²) in [6.45, 7) is 2.12. The number of carbonyl (C=O) groups is 1. The van der Waals surface area contributed by atoms with Crippen molar-refractivity contribution >= 4 is 35.4 Å². The maximum atomic E-state index is 12.5. The average Bonchev–Trinajstić information content (AvgIpc) is 2.75. The highest BCUT2D eigenvalue weighted by molar-refractivity contribution is 9.12. The van der Waals surface area contributed by atoms with Crippen molar-refractivity contribution < 1.29 is 4.79 Å². The van der Waals surface area contributed by atoms with Gasteiger partial charge in [-0.1, -0.05) is 47.5 Å². The molecule has 19 heavy (non-hydrogen) atoms. The van der Waals surface area contributed by atoms with Crippen LogP contribution in [0, 0.1) is 0 Å². The SMILES string of the molecule is [B]/C(Br)=C1/C=C(CCCC)C(=O)N1c1ccccc1. The normalized spacial score (nSPS) is 17.7. The van der Waals surface area contributed by atoms with Crippen molar-refractivity contribution in [1.82, 2.24) is 0 Å². The molecule has 1 amide bonds. The number of hydrogen-bond acceptors (Lipinski definition) is 1. The molecule has 1 aromatic carbocycles. The van der Waals surface area contributed by atoms with Crippen molar-refractivity contribution in [2.24, 2.45) is 0 Å². The number of rotatable bonds is 4. The van der Waals surface area contributed by atoms with Crippen LogP contribution < -0.4 is 4.90 Å². The van der Waals surface area contributed by atoms with E-state index >= 15 is 0 Å². The Balaban J connectivity index is 2.35. The van der Waals surface area contributed by atoms with Crippen LogP contribution in [-0.2, 0) is 4.79 Å². The molecule has 4 heteroatoms. The maximum Gasteiger partial charge on any atom is 0.258 e. The van der Waals surface area contributed by atoms with Gasteiger partial charge >= 0.3 is 0 Å². The fourth-order valence-electron chi connectivity index (χ4n) is 2.10. The molecule has 0 atom stereocenters. The highest BCUT2D eigenvalue weighted by Crippen LogP contribution is 2.32. The number of carbonyl (C=O) groups excluding carboxylic acids is 1. The van der Waals surface area contributed by atoms with Gasteiger partial charge in [0.05, 0.1) is 0 Å². The first-order chi connectivity index (χ1) is 9.15. The second kappa shape index (κ2) is 6.24. The molecular weight excluding hydrogens is 301 g/mol. The van der Waals surface area contributed by atoms with Gasteiger partial charge in [0.15, 0.2) is 0 Å². The minimum absolute atomic E-state index is 0.0250. The summed E-state index contributed by atoms with van der Waals surface area (Å²) in [5.41, 5.74) is 2.39. The number of unbranched alkanes of at least 4 members (excludes halogenated alkanes) is 1. The monoisotopic (exact) mass is 315 g/mol. The summed E-state index contributed by atoms with van der Waals surface area (Å²) in [6.07, 6.45) is 4.76. The molecule has 0 spiro atoms. The second-order valence-corrected chi connectivity index (χ2v) is 5.34. The third kappa shape index (κ3) is 3.00. The molecule has 1 aliphatic heterocycles. The number of hydrogen-bond donors (Lipinski definition) is 0. The van der Waals surface area contributed by atoms with Gasteiger partial charge in [-0.3, -0.25) is 9.69 Å². The van der Waals surface area contributed by atoms with Crippen LogP contribution in [0.15, 0.2) is 52.1 Å². The zero-order valence-corrected chi connectivity index (χ0v) is 12.5. The largest absolute Gasteiger partial charge is 0.277 e. The van der Waals surface area contributed by atoms with Gasteiger partial charge in [-0.05, 0) is 35.4 Å². The van der Waals surface area contributed by atoms with Crippen LogP contribution in [0.4, 0.5) is 5.69 Å². The van der Waals surface area contributed by atoms with Gasteiger partial charge in [0.1, 0.15) is 7.85 Å². The minimum Gasteiger partial charge on any atom is -0.277 e. The van der Waals surface area contributed by atoms with E-state index in [0.29, 0.717) is 4.38 Å². The lowest BCUT2D eigenvalue weighted by Crippen LogP contribution is -2.25. The molecule has 0 saturated carbocycles. The van der Waals surface area contributed by atoms with Gasteiger partial charge in [0.25, 0.3) is 5.91 Å². The molecule has 2 rings (SSSR count). The highest BCUT2D eigenvalue weighted by Gasteiger charge is 2.29. The Labute approximate surface area is 123 Å². The summed E-state index contributed by atoms with van der Waals surface area (Å²) in [6, 6.07) is 9.56. The molecule has 1 aliphatic rings. The Bertz CT molecular complexity index is 532. The number of nitrogens with zero attached hydrogens (tertiary/aromatic N) is 1. The van der Waals surface area contributed by atoms with E-state index in [9.17, 15) is 4.79 Å². The topological polar surface area (TPSA) is 20.3 Å². The predicted molar refractivity (Wildman–Crippen MR) is 83.2 cm³/mol. The summed E-state index contributed by atoms with van der Waals surface area (Å²) in [4.78, 5) is 14.1. The quantitative estimate of drug-likeness (QED) is 0.772. The van der Waals surface area contributed by atoms with E-state index in [1.807, 2.05) is 36.4 Å². The highest BCUT2D eigenvalue weighted by atomic mass is 79.9. The van der Waals surface area contributed by atoms with Gasteiger partial charge < -0.3 is 0 Å². The second-order valence-electron chi connectivity index (χ2n) is 4.48. The standard InChI is InChI=1S/C15H15BBrNO/c1-2-3-7-11-10-13(14(16)17)18(15(11)19)12-8-5-4-6-9-12/h4-6,8-10H,2-3,7H2,1H3/b14-13+. The van der Waals surface area contributed by atoms with Crippen molar-refractivity contribution in [3.63, 3.8) is 0 Å². The van der Waals surface area contributed by atoms with Crippen molar-refractivity contribution in [3.8, 4) is 0 Å². The van der Waals surface area contributed by atoms with Crippen molar-refractivity contribution in [1.29, 1.82) is 0 Å². The van der Waals surface area contributed by atoms with Crippen LogP contribution in [0.2, 0.25) is 0 Å². The van der Waals surface area contributed by atoms with Crippen molar-refractivity contribution in [3.05, 3.63) is 52.1 Å². The van der Waals surface area contributed by atoms with E-state index in [0.717, 1.165) is 36.2 Å². The summed E-state index contributed by atoms with van der Waals surface area (Å²) in [5, 5.41) is 0. The summed E-state index contributed by atoms with van der Waals surface area (Å²) >= 11 is 3.28. The number of halogens is 1. The predicted octanol–water partition coefficient (Wildman–Crippen LogP) is 3.88. The van der Waals surface area contributed by atoms with E-state index in [4.69, 9.17) is 7.85 Å². The molecule has 1 aromatic rings. The molecule has 0 unspecified atom stereocenters. The Hall–Kier alpha value is -1.29. The number of amides is 1. The molecule has 0 bridgehead atoms. The fraction of sp³-hybridized carbons (Fsp3) is 0.267. The lowest BCUT2D eigenvalue weighted by atomic mass is 10.1. The van der Waals surface area contributed by atoms with Crippen LogP contribution in [0.5, 0.6) is 0 Å². The summed E-state index contributed by atoms with van der Waals surface area (Å²) < 4.78 is 0.483. The molecule has 0 fully saturated rings.